The van der Waals surface area contributed by atoms with Crippen molar-refractivity contribution in [2.45, 2.75) is 50.7 Å². The number of halogens is 3. The molecule has 0 spiro atoms. The third kappa shape index (κ3) is 4.03. The molecular formula is C25H25F3N2O4. The van der Waals surface area contributed by atoms with Crippen molar-refractivity contribution < 1.29 is 32.0 Å². The number of carbonyl (C=O) groups is 3. The highest BCUT2D eigenvalue weighted by atomic mass is 19.4. The van der Waals surface area contributed by atoms with Crippen LogP contribution in [0.2, 0.25) is 0 Å². The highest BCUT2D eigenvalue weighted by molar-refractivity contribution is 6.19. The lowest BCUT2D eigenvalue weighted by Crippen LogP contribution is -2.66. The number of furan rings is 1. The van der Waals surface area contributed by atoms with E-state index >= 15 is 0 Å². The van der Waals surface area contributed by atoms with E-state index in [1.165, 1.54) is 43.3 Å². The molecule has 2 aromatic rings. The van der Waals surface area contributed by atoms with Crippen molar-refractivity contribution in [3.05, 3.63) is 71.3 Å². The number of amides is 2. The number of nitrogens with zero attached hydrogens (tertiary/aromatic N) is 1. The van der Waals surface area contributed by atoms with Gasteiger partial charge < -0.3 is 14.6 Å². The summed E-state index contributed by atoms with van der Waals surface area (Å²) in [5.41, 5.74) is -4.42. The molecule has 34 heavy (non-hydrogen) atoms. The molecule has 4 rings (SSSR count). The fourth-order valence-electron chi connectivity index (χ4n) is 4.87. The van der Waals surface area contributed by atoms with Crippen molar-refractivity contribution in [1.29, 1.82) is 0 Å². The van der Waals surface area contributed by atoms with Crippen LogP contribution in [-0.4, -0.2) is 40.8 Å². The number of nitrogens with one attached hydrogen (secondary N) is 1. The molecule has 0 unspecified atom stereocenters. The Morgan fingerprint density at radius 3 is 2.35 bits per heavy atom. The van der Waals surface area contributed by atoms with Crippen molar-refractivity contribution in [3.63, 3.8) is 0 Å². The first kappa shape index (κ1) is 23.8. The maximum absolute atomic E-state index is 14.8. The highest BCUT2D eigenvalue weighted by Gasteiger charge is 2.70. The van der Waals surface area contributed by atoms with Crippen LogP contribution in [0.15, 0.2) is 64.4 Å². The second kappa shape index (κ2) is 9.12. The molecule has 1 aromatic heterocycles. The van der Waals surface area contributed by atoms with Gasteiger partial charge in [-0.25, -0.2) is 0 Å². The number of alkyl halides is 3. The van der Waals surface area contributed by atoms with Gasteiger partial charge in [-0.15, -0.1) is 0 Å². The first-order chi connectivity index (χ1) is 16.2. The van der Waals surface area contributed by atoms with Crippen LogP contribution in [0.3, 0.4) is 0 Å². The number of hydrogen-bond acceptors (Lipinski definition) is 4. The van der Waals surface area contributed by atoms with E-state index in [9.17, 15) is 27.6 Å². The molecule has 2 amide bonds. The fourth-order valence-corrected chi connectivity index (χ4v) is 4.87. The second-order valence-electron chi connectivity index (χ2n) is 8.75. The molecule has 9 heteroatoms. The summed E-state index contributed by atoms with van der Waals surface area (Å²) >= 11 is 0. The average Bonchev–Trinajstić information content (AvgIpc) is 3.43. The number of hydrogen-bond donors (Lipinski definition) is 1. The van der Waals surface area contributed by atoms with Gasteiger partial charge in [0.25, 0.3) is 11.8 Å². The standard InChI is InChI=1S/C25H25F3N2O4/c1-16-20(21(31)18-11-6-3-7-12-18)24(25(26,27)28,29-22(32)19-13-8-14-34-19)23(33)30(16)15-17-9-4-2-5-10-17/h3,6-8,11-14,17H,2,4-5,9-10,15H2,1H3,(H,29,32)/t24-/m1/s1. The van der Waals surface area contributed by atoms with Gasteiger partial charge in [-0.2, -0.15) is 13.2 Å². The zero-order chi connectivity index (χ0) is 24.5. The Balaban J connectivity index is 1.84. The average molecular weight is 474 g/mol. The molecule has 2 heterocycles. The van der Waals surface area contributed by atoms with Gasteiger partial charge in [-0.05, 0) is 37.8 Å². The lowest BCUT2D eigenvalue weighted by Gasteiger charge is -2.34. The molecule has 1 atom stereocenters. The highest BCUT2D eigenvalue weighted by Crippen LogP contribution is 2.46. The predicted octanol–water partition coefficient (Wildman–Crippen LogP) is 4.89. The number of carbonyl (C=O) groups excluding carboxylic acids is 3. The first-order valence-electron chi connectivity index (χ1n) is 11.2. The van der Waals surface area contributed by atoms with Crippen molar-refractivity contribution in [2.75, 3.05) is 6.54 Å². The van der Waals surface area contributed by atoms with E-state index in [0.717, 1.165) is 43.3 Å². The fraction of sp³-hybridized carbons (Fsp3) is 0.400. The maximum atomic E-state index is 14.8. The molecule has 1 saturated carbocycles. The van der Waals surface area contributed by atoms with E-state index in [1.54, 1.807) is 6.07 Å². The predicted molar refractivity (Wildman–Crippen MR) is 117 cm³/mol. The molecule has 0 bridgehead atoms. The third-order valence-electron chi connectivity index (χ3n) is 6.61. The van der Waals surface area contributed by atoms with E-state index in [1.807, 2.05) is 5.32 Å². The van der Waals surface area contributed by atoms with E-state index in [0.29, 0.717) is 0 Å². The summed E-state index contributed by atoms with van der Waals surface area (Å²) < 4.78 is 49.5. The minimum atomic E-state index is -5.28. The van der Waals surface area contributed by atoms with Crippen molar-refractivity contribution in [1.82, 2.24) is 10.2 Å². The summed E-state index contributed by atoms with van der Waals surface area (Å²) in [6, 6.07) is 9.97. The first-order valence-corrected chi connectivity index (χ1v) is 11.2. The molecule has 1 aromatic carbocycles. The third-order valence-corrected chi connectivity index (χ3v) is 6.61. The summed E-state index contributed by atoms with van der Waals surface area (Å²) in [5.74, 6) is -3.95. The Kier molecular flexibility index (Phi) is 6.38. The van der Waals surface area contributed by atoms with E-state index in [4.69, 9.17) is 4.42 Å². The maximum Gasteiger partial charge on any atom is 0.425 e. The Morgan fingerprint density at radius 1 is 1.09 bits per heavy atom. The van der Waals surface area contributed by atoms with Gasteiger partial charge in [-0.1, -0.05) is 49.6 Å². The molecule has 0 saturated heterocycles. The molecule has 1 N–H and O–H groups in total. The Bertz CT molecular complexity index is 1100. The van der Waals surface area contributed by atoms with Crippen LogP contribution in [0.5, 0.6) is 0 Å². The largest absolute Gasteiger partial charge is 0.459 e. The molecular weight excluding hydrogens is 449 g/mol. The van der Waals surface area contributed by atoms with Crippen molar-refractivity contribution >= 4 is 17.6 Å². The van der Waals surface area contributed by atoms with Gasteiger partial charge >= 0.3 is 6.18 Å². The van der Waals surface area contributed by atoms with E-state index in [-0.39, 0.29) is 23.7 Å². The molecule has 6 nitrogen and oxygen atoms in total. The van der Waals surface area contributed by atoms with Gasteiger partial charge in [0.2, 0.25) is 5.54 Å². The summed E-state index contributed by atoms with van der Waals surface area (Å²) in [6.45, 7) is 1.40. The minimum Gasteiger partial charge on any atom is -0.459 e. The number of benzene rings is 1. The van der Waals surface area contributed by atoms with Crippen LogP contribution in [-0.2, 0) is 4.79 Å². The lowest BCUT2D eigenvalue weighted by atomic mass is 9.84. The van der Waals surface area contributed by atoms with Crippen molar-refractivity contribution in [3.8, 4) is 0 Å². The topological polar surface area (TPSA) is 79.6 Å². The number of Topliss-reactive ketones (excluding diaryl/α,β-unsaturated/α-hetero) is 1. The molecule has 1 aliphatic carbocycles. The Hall–Kier alpha value is -3.36. The number of ketones is 1. The summed E-state index contributed by atoms with van der Waals surface area (Å²) in [7, 11) is 0. The van der Waals surface area contributed by atoms with Crippen LogP contribution in [0.4, 0.5) is 13.2 Å². The lowest BCUT2D eigenvalue weighted by molar-refractivity contribution is -0.189. The SMILES string of the molecule is CC1=C(C(=O)c2ccccc2)[C@](NC(=O)c2ccco2)(C(F)(F)F)C(=O)N1CC1CCCCC1. The van der Waals surface area contributed by atoms with E-state index < -0.39 is 40.6 Å². The molecule has 2 aliphatic rings. The van der Waals surface area contributed by atoms with Crippen LogP contribution >= 0.6 is 0 Å². The molecule has 180 valence electrons. The van der Waals surface area contributed by atoms with Crippen molar-refractivity contribution in [2.24, 2.45) is 5.92 Å². The molecule has 1 aliphatic heterocycles. The minimum absolute atomic E-state index is 0.00922. The van der Waals surface area contributed by atoms with Crippen LogP contribution in [0.1, 0.15) is 59.9 Å². The smallest absolute Gasteiger partial charge is 0.425 e. The zero-order valence-corrected chi connectivity index (χ0v) is 18.7. The second-order valence-corrected chi connectivity index (χ2v) is 8.75. The van der Waals surface area contributed by atoms with Gasteiger partial charge in [-0.3, -0.25) is 14.4 Å². The van der Waals surface area contributed by atoms with Crippen LogP contribution in [0.25, 0.3) is 0 Å². The van der Waals surface area contributed by atoms with E-state index in [2.05, 4.69) is 0 Å². The van der Waals surface area contributed by atoms with Gasteiger partial charge in [0.05, 0.1) is 11.8 Å². The van der Waals surface area contributed by atoms with Gasteiger partial charge in [0.1, 0.15) is 0 Å². The number of rotatable bonds is 6. The summed E-state index contributed by atoms with van der Waals surface area (Å²) in [4.78, 5) is 40.8. The molecule has 0 radical (unpaired) electrons. The van der Waals surface area contributed by atoms with Crippen LogP contribution < -0.4 is 5.32 Å². The summed E-state index contributed by atoms with van der Waals surface area (Å²) in [6.07, 6.45) is 0.346. The van der Waals surface area contributed by atoms with Crippen LogP contribution in [0, 0.1) is 5.92 Å². The quantitative estimate of drug-likeness (QED) is 0.605. The summed E-state index contributed by atoms with van der Waals surface area (Å²) in [5, 5.41) is 1.86. The zero-order valence-electron chi connectivity index (χ0n) is 18.7. The monoisotopic (exact) mass is 474 g/mol. The Morgan fingerprint density at radius 2 is 1.76 bits per heavy atom. The van der Waals surface area contributed by atoms with Gasteiger partial charge in [0, 0.05) is 17.8 Å². The molecule has 1 fully saturated rings. The van der Waals surface area contributed by atoms with Gasteiger partial charge in [0.15, 0.2) is 11.5 Å². The number of allylic oxidation sites excluding steroid dienone is 1. The Labute approximate surface area is 194 Å². The normalized spacial score (nSPS) is 21.8.